The second-order valence-electron chi connectivity index (χ2n) is 6.61. The lowest BCUT2D eigenvalue weighted by atomic mass is 10.1. The van der Waals surface area contributed by atoms with Gasteiger partial charge in [-0.15, -0.1) is 0 Å². The van der Waals surface area contributed by atoms with E-state index in [0.29, 0.717) is 6.54 Å². The van der Waals surface area contributed by atoms with Gasteiger partial charge >= 0.3 is 0 Å². The van der Waals surface area contributed by atoms with Gasteiger partial charge in [-0.1, -0.05) is 24.3 Å². The minimum Gasteiger partial charge on any atom is -0.364 e. The average Bonchev–Trinajstić information content (AvgIpc) is 2.98. The second kappa shape index (κ2) is 7.34. The van der Waals surface area contributed by atoms with E-state index in [2.05, 4.69) is 84.6 Å². The van der Waals surface area contributed by atoms with Crippen molar-refractivity contribution in [2.75, 3.05) is 24.5 Å². The van der Waals surface area contributed by atoms with Crippen molar-refractivity contribution in [3.8, 4) is 0 Å². The fourth-order valence-electron chi connectivity index (χ4n) is 2.33. The topological polar surface area (TPSA) is 39.7 Å². The Morgan fingerprint density at radius 2 is 1.77 bits per heavy atom. The van der Waals surface area contributed by atoms with Gasteiger partial charge in [0.1, 0.15) is 0 Å². The Morgan fingerprint density at radius 3 is 2.32 bits per heavy atom. The molecule has 0 aliphatic carbocycles. The Morgan fingerprint density at radius 1 is 1.14 bits per heavy atom. The fourth-order valence-corrected chi connectivity index (χ4v) is 2.33. The third kappa shape index (κ3) is 5.10. The Labute approximate surface area is 134 Å². The highest BCUT2D eigenvalue weighted by Gasteiger charge is 2.11. The zero-order valence-corrected chi connectivity index (χ0v) is 14.2. The molecule has 1 aromatic rings. The summed E-state index contributed by atoms with van der Waals surface area (Å²) >= 11 is 0. The van der Waals surface area contributed by atoms with E-state index < -0.39 is 0 Å². The third-order valence-corrected chi connectivity index (χ3v) is 3.38. The van der Waals surface area contributed by atoms with E-state index in [0.717, 1.165) is 25.6 Å². The normalized spacial score (nSPS) is 15.3. The summed E-state index contributed by atoms with van der Waals surface area (Å²) in [6, 6.07) is 8.69. The first-order valence-electron chi connectivity index (χ1n) is 8.03. The Kier molecular flexibility index (Phi) is 5.47. The largest absolute Gasteiger partial charge is 0.364 e. The molecular weight excluding hydrogens is 272 g/mol. The molecule has 1 aliphatic heterocycles. The molecular formula is C18H28N4. The molecule has 0 fully saturated rings. The molecule has 1 heterocycles. The van der Waals surface area contributed by atoms with Crippen LogP contribution in [0.5, 0.6) is 0 Å². The maximum Gasteiger partial charge on any atom is 0.191 e. The van der Waals surface area contributed by atoms with E-state index in [1.54, 1.807) is 0 Å². The number of aliphatic imine (C=N–C) groups is 1. The molecule has 0 saturated carbocycles. The number of nitrogens with one attached hydrogen (secondary N) is 2. The molecule has 2 N–H and O–H groups in total. The predicted octanol–water partition coefficient (Wildman–Crippen LogP) is 2.92. The van der Waals surface area contributed by atoms with Gasteiger partial charge in [-0.05, 0) is 45.4 Å². The highest BCUT2D eigenvalue weighted by atomic mass is 15.2. The summed E-state index contributed by atoms with van der Waals surface area (Å²) in [5.41, 5.74) is 2.51. The van der Waals surface area contributed by atoms with Crippen LogP contribution in [-0.2, 0) is 6.54 Å². The van der Waals surface area contributed by atoms with Crippen molar-refractivity contribution >= 4 is 11.6 Å². The predicted molar refractivity (Wildman–Crippen MR) is 95.5 cm³/mol. The molecule has 0 atom stereocenters. The molecule has 4 nitrogen and oxygen atoms in total. The van der Waals surface area contributed by atoms with Gasteiger partial charge in [0, 0.05) is 30.9 Å². The molecule has 0 spiro atoms. The van der Waals surface area contributed by atoms with E-state index in [1.165, 1.54) is 11.3 Å². The monoisotopic (exact) mass is 300 g/mol. The molecule has 120 valence electrons. The number of hydrogen-bond acceptors (Lipinski definition) is 2. The molecule has 22 heavy (non-hydrogen) atoms. The smallest absolute Gasteiger partial charge is 0.191 e. The standard InChI is InChI=1S/C18H28N4/c1-5-19-17(21-18(2,3)4)20-14-15-8-10-16(11-9-15)22-12-6-7-13-22/h6-11H,5,12-14H2,1-4H3,(H2,19,20,21). The lowest BCUT2D eigenvalue weighted by Gasteiger charge is -2.23. The van der Waals surface area contributed by atoms with Crippen molar-refractivity contribution in [1.29, 1.82) is 0 Å². The average molecular weight is 300 g/mol. The van der Waals surface area contributed by atoms with Crippen molar-refractivity contribution in [2.24, 2.45) is 4.99 Å². The van der Waals surface area contributed by atoms with Crippen molar-refractivity contribution in [1.82, 2.24) is 10.6 Å². The molecule has 0 aromatic heterocycles. The van der Waals surface area contributed by atoms with Gasteiger partial charge in [0.15, 0.2) is 5.96 Å². The maximum absolute atomic E-state index is 4.66. The Balaban J connectivity index is 1.97. The van der Waals surface area contributed by atoms with Crippen molar-refractivity contribution < 1.29 is 0 Å². The van der Waals surface area contributed by atoms with Gasteiger partial charge in [0.25, 0.3) is 0 Å². The maximum atomic E-state index is 4.66. The number of guanidine groups is 1. The van der Waals surface area contributed by atoms with Gasteiger partial charge in [-0.2, -0.15) is 0 Å². The molecule has 1 aromatic carbocycles. The molecule has 0 bridgehead atoms. The number of hydrogen-bond donors (Lipinski definition) is 2. The highest BCUT2D eigenvalue weighted by molar-refractivity contribution is 5.80. The van der Waals surface area contributed by atoms with Crippen LogP contribution in [0.3, 0.4) is 0 Å². The van der Waals surface area contributed by atoms with Crippen molar-refractivity contribution in [3.63, 3.8) is 0 Å². The van der Waals surface area contributed by atoms with Crippen LogP contribution < -0.4 is 15.5 Å². The first-order valence-corrected chi connectivity index (χ1v) is 8.03. The molecule has 0 saturated heterocycles. The number of benzene rings is 1. The van der Waals surface area contributed by atoms with Gasteiger partial charge in [-0.25, -0.2) is 4.99 Å². The summed E-state index contributed by atoms with van der Waals surface area (Å²) in [5, 5.41) is 6.69. The van der Waals surface area contributed by atoms with Crippen LogP contribution in [0, 0.1) is 0 Å². The zero-order valence-electron chi connectivity index (χ0n) is 14.2. The SMILES string of the molecule is CCNC(=NCc1ccc(N2CC=CC2)cc1)NC(C)(C)C. The minimum atomic E-state index is 0.00755. The summed E-state index contributed by atoms with van der Waals surface area (Å²) in [6.45, 7) is 12.1. The second-order valence-corrected chi connectivity index (χ2v) is 6.61. The first-order chi connectivity index (χ1) is 10.5. The van der Waals surface area contributed by atoms with E-state index >= 15 is 0 Å². The van der Waals surface area contributed by atoms with E-state index in [-0.39, 0.29) is 5.54 Å². The van der Waals surface area contributed by atoms with Gasteiger partial charge in [0.05, 0.1) is 6.54 Å². The van der Waals surface area contributed by atoms with Crippen LogP contribution in [0.2, 0.25) is 0 Å². The van der Waals surface area contributed by atoms with E-state index in [9.17, 15) is 0 Å². The first kappa shape index (κ1) is 16.4. The van der Waals surface area contributed by atoms with Crippen molar-refractivity contribution in [2.45, 2.75) is 39.8 Å². The quantitative estimate of drug-likeness (QED) is 0.510. The molecule has 0 unspecified atom stereocenters. The number of rotatable bonds is 4. The van der Waals surface area contributed by atoms with Crippen LogP contribution in [0.1, 0.15) is 33.3 Å². The van der Waals surface area contributed by atoms with Crippen LogP contribution >= 0.6 is 0 Å². The zero-order chi connectivity index (χ0) is 16.0. The van der Waals surface area contributed by atoms with Crippen molar-refractivity contribution in [3.05, 3.63) is 42.0 Å². The van der Waals surface area contributed by atoms with Crippen LogP contribution in [0.25, 0.3) is 0 Å². The lowest BCUT2D eigenvalue weighted by Crippen LogP contribution is -2.47. The summed E-state index contributed by atoms with van der Waals surface area (Å²) < 4.78 is 0. The Hall–Kier alpha value is -1.97. The molecule has 1 aliphatic rings. The van der Waals surface area contributed by atoms with Crippen LogP contribution in [0.15, 0.2) is 41.4 Å². The highest BCUT2D eigenvalue weighted by Crippen LogP contribution is 2.17. The van der Waals surface area contributed by atoms with Gasteiger partial charge in [-0.3, -0.25) is 0 Å². The summed E-state index contributed by atoms with van der Waals surface area (Å²) in [7, 11) is 0. The Bertz CT molecular complexity index is 515. The molecule has 4 heteroatoms. The summed E-state index contributed by atoms with van der Waals surface area (Å²) in [4.78, 5) is 7.01. The molecule has 0 amide bonds. The fraction of sp³-hybridized carbons (Fsp3) is 0.500. The third-order valence-electron chi connectivity index (χ3n) is 3.38. The molecule has 0 radical (unpaired) electrons. The number of nitrogens with zero attached hydrogens (tertiary/aromatic N) is 2. The minimum absolute atomic E-state index is 0.00755. The number of anilines is 1. The van der Waals surface area contributed by atoms with Crippen LogP contribution in [-0.4, -0.2) is 31.1 Å². The van der Waals surface area contributed by atoms with E-state index in [1.807, 2.05) is 0 Å². The molecule has 2 rings (SSSR count). The summed E-state index contributed by atoms with van der Waals surface area (Å²) in [6.07, 6.45) is 4.41. The van der Waals surface area contributed by atoms with Gasteiger partial charge < -0.3 is 15.5 Å². The lowest BCUT2D eigenvalue weighted by molar-refractivity contribution is 0.501. The van der Waals surface area contributed by atoms with Crippen LogP contribution in [0.4, 0.5) is 5.69 Å². The van der Waals surface area contributed by atoms with E-state index in [4.69, 9.17) is 0 Å². The van der Waals surface area contributed by atoms with Gasteiger partial charge in [0.2, 0.25) is 0 Å². The summed E-state index contributed by atoms with van der Waals surface area (Å²) in [5.74, 6) is 0.864.